The normalized spacial score (nSPS) is 12.3. The van der Waals surface area contributed by atoms with Gasteiger partial charge in [0.25, 0.3) is 0 Å². The van der Waals surface area contributed by atoms with Crippen LogP contribution in [0.1, 0.15) is 30.5 Å². The Morgan fingerprint density at radius 3 is 2.21 bits per heavy atom. The van der Waals surface area contributed by atoms with Crippen LogP contribution in [-0.4, -0.2) is 5.11 Å². The first-order valence-corrected chi connectivity index (χ1v) is 7.03. The molecule has 0 aliphatic rings. The summed E-state index contributed by atoms with van der Waals surface area (Å²) in [5.74, 6) is 0.948. The molecular weight excluding hydrogens is 232 g/mol. The summed E-state index contributed by atoms with van der Waals surface area (Å²) in [6.07, 6.45) is 3.26. The molecule has 0 fully saturated rings. The van der Waals surface area contributed by atoms with Crippen molar-refractivity contribution >= 4 is 0 Å². The van der Waals surface area contributed by atoms with Crippen LogP contribution in [0, 0.1) is 5.92 Å². The average Bonchev–Trinajstić information content (AvgIpc) is 2.41. The van der Waals surface area contributed by atoms with E-state index in [4.69, 9.17) is 0 Å². The molecule has 0 aliphatic heterocycles. The summed E-state index contributed by atoms with van der Waals surface area (Å²) in [6, 6.07) is 16.4. The van der Waals surface area contributed by atoms with Crippen LogP contribution in [-0.2, 0) is 19.3 Å². The van der Waals surface area contributed by atoms with E-state index in [-0.39, 0.29) is 0 Å². The molecule has 0 radical (unpaired) electrons. The zero-order valence-corrected chi connectivity index (χ0v) is 11.8. The van der Waals surface area contributed by atoms with Crippen molar-refractivity contribution < 1.29 is 5.11 Å². The van der Waals surface area contributed by atoms with Gasteiger partial charge in [-0.1, -0.05) is 50.2 Å². The SMILES string of the molecule is CCc1cccc(CC(C)Cc2ccc(O)cc2)c1. The van der Waals surface area contributed by atoms with Gasteiger partial charge in [0.2, 0.25) is 0 Å². The number of benzene rings is 2. The fourth-order valence-corrected chi connectivity index (χ4v) is 2.49. The third-order valence-electron chi connectivity index (χ3n) is 3.50. The Kier molecular flexibility index (Phi) is 4.62. The van der Waals surface area contributed by atoms with Gasteiger partial charge in [-0.25, -0.2) is 0 Å². The molecule has 19 heavy (non-hydrogen) atoms. The lowest BCUT2D eigenvalue weighted by Gasteiger charge is -2.12. The lowest BCUT2D eigenvalue weighted by atomic mass is 9.93. The highest BCUT2D eigenvalue weighted by atomic mass is 16.3. The molecule has 0 heterocycles. The molecule has 1 N–H and O–H groups in total. The van der Waals surface area contributed by atoms with Crippen molar-refractivity contribution in [2.45, 2.75) is 33.1 Å². The highest BCUT2D eigenvalue weighted by molar-refractivity contribution is 5.27. The van der Waals surface area contributed by atoms with E-state index in [2.05, 4.69) is 38.1 Å². The van der Waals surface area contributed by atoms with Crippen LogP contribution < -0.4 is 0 Å². The summed E-state index contributed by atoms with van der Waals surface area (Å²) in [6.45, 7) is 4.48. The number of aryl methyl sites for hydroxylation is 1. The van der Waals surface area contributed by atoms with Crippen molar-refractivity contribution in [2.24, 2.45) is 5.92 Å². The molecule has 0 spiro atoms. The zero-order valence-electron chi connectivity index (χ0n) is 11.8. The fraction of sp³-hybridized carbons (Fsp3) is 0.333. The van der Waals surface area contributed by atoms with Gasteiger partial charge in [0, 0.05) is 0 Å². The van der Waals surface area contributed by atoms with Gasteiger partial charge in [-0.05, 0) is 54.0 Å². The van der Waals surface area contributed by atoms with Crippen LogP contribution in [0.2, 0.25) is 0 Å². The van der Waals surface area contributed by atoms with Crippen LogP contribution in [0.5, 0.6) is 5.75 Å². The molecule has 2 aromatic carbocycles. The number of phenols is 1. The number of hydrogen-bond donors (Lipinski definition) is 1. The van der Waals surface area contributed by atoms with Crippen LogP contribution in [0.3, 0.4) is 0 Å². The van der Waals surface area contributed by atoms with E-state index < -0.39 is 0 Å². The van der Waals surface area contributed by atoms with Gasteiger partial charge in [0.15, 0.2) is 0 Å². The number of rotatable bonds is 5. The molecule has 0 saturated heterocycles. The van der Waals surface area contributed by atoms with Crippen LogP contribution >= 0.6 is 0 Å². The molecule has 1 unspecified atom stereocenters. The zero-order chi connectivity index (χ0) is 13.7. The maximum atomic E-state index is 9.28. The lowest BCUT2D eigenvalue weighted by Crippen LogP contribution is -2.04. The molecule has 1 nitrogen and oxygen atoms in total. The van der Waals surface area contributed by atoms with E-state index in [1.807, 2.05) is 12.1 Å². The molecule has 0 aliphatic carbocycles. The Hall–Kier alpha value is -1.76. The average molecular weight is 254 g/mol. The quantitative estimate of drug-likeness (QED) is 0.839. The Labute approximate surface area is 115 Å². The summed E-state index contributed by atoms with van der Waals surface area (Å²) >= 11 is 0. The van der Waals surface area contributed by atoms with Crippen molar-refractivity contribution in [1.29, 1.82) is 0 Å². The van der Waals surface area contributed by atoms with E-state index in [1.54, 1.807) is 12.1 Å². The lowest BCUT2D eigenvalue weighted by molar-refractivity contribution is 0.474. The predicted molar refractivity (Wildman–Crippen MR) is 80.5 cm³/mol. The molecule has 1 heteroatoms. The van der Waals surface area contributed by atoms with Crippen LogP contribution in [0.15, 0.2) is 48.5 Å². The molecule has 2 rings (SSSR count). The first-order chi connectivity index (χ1) is 9.17. The summed E-state index contributed by atoms with van der Waals surface area (Å²) in [5.41, 5.74) is 4.12. The van der Waals surface area contributed by atoms with Gasteiger partial charge in [-0.15, -0.1) is 0 Å². The molecule has 0 bridgehead atoms. The molecule has 0 aromatic heterocycles. The first-order valence-electron chi connectivity index (χ1n) is 7.03. The second kappa shape index (κ2) is 6.42. The van der Waals surface area contributed by atoms with Gasteiger partial charge in [-0.3, -0.25) is 0 Å². The Morgan fingerprint density at radius 2 is 1.53 bits per heavy atom. The predicted octanol–water partition coefficient (Wildman–Crippen LogP) is 4.38. The maximum absolute atomic E-state index is 9.28. The highest BCUT2D eigenvalue weighted by Gasteiger charge is 2.06. The number of hydrogen-bond acceptors (Lipinski definition) is 1. The standard InChI is InChI=1S/C18H22O/c1-3-15-5-4-6-17(13-15)12-14(2)11-16-7-9-18(19)10-8-16/h4-10,13-14,19H,3,11-12H2,1-2H3. The van der Waals surface area contributed by atoms with Gasteiger partial charge in [-0.2, -0.15) is 0 Å². The monoisotopic (exact) mass is 254 g/mol. The third kappa shape index (κ3) is 4.13. The summed E-state index contributed by atoms with van der Waals surface area (Å²) in [7, 11) is 0. The van der Waals surface area contributed by atoms with Gasteiger partial charge < -0.3 is 5.11 Å². The number of phenolic OH excluding ortho intramolecular Hbond substituents is 1. The van der Waals surface area contributed by atoms with E-state index >= 15 is 0 Å². The minimum atomic E-state index is 0.340. The van der Waals surface area contributed by atoms with Crippen molar-refractivity contribution in [3.8, 4) is 5.75 Å². The second-order valence-electron chi connectivity index (χ2n) is 5.35. The topological polar surface area (TPSA) is 20.2 Å². The molecule has 2 aromatic rings. The molecule has 100 valence electrons. The van der Waals surface area contributed by atoms with Crippen molar-refractivity contribution in [2.75, 3.05) is 0 Å². The highest BCUT2D eigenvalue weighted by Crippen LogP contribution is 2.17. The Balaban J connectivity index is 1.96. The van der Waals surface area contributed by atoms with Gasteiger partial charge in [0.05, 0.1) is 0 Å². The first kappa shape index (κ1) is 13.7. The largest absolute Gasteiger partial charge is 0.508 e. The summed E-state index contributed by atoms with van der Waals surface area (Å²) in [4.78, 5) is 0. The van der Waals surface area contributed by atoms with E-state index in [9.17, 15) is 5.11 Å². The summed E-state index contributed by atoms with van der Waals surface area (Å²) in [5, 5.41) is 9.28. The third-order valence-corrected chi connectivity index (χ3v) is 3.50. The van der Waals surface area contributed by atoms with Crippen molar-refractivity contribution in [3.05, 3.63) is 65.2 Å². The van der Waals surface area contributed by atoms with Crippen LogP contribution in [0.4, 0.5) is 0 Å². The van der Waals surface area contributed by atoms with E-state index in [0.717, 1.165) is 19.3 Å². The molecule has 0 saturated carbocycles. The van der Waals surface area contributed by atoms with Crippen molar-refractivity contribution in [3.63, 3.8) is 0 Å². The van der Waals surface area contributed by atoms with Crippen molar-refractivity contribution in [1.82, 2.24) is 0 Å². The molecule has 0 amide bonds. The van der Waals surface area contributed by atoms with Gasteiger partial charge in [0.1, 0.15) is 5.75 Å². The molecular formula is C18H22O. The van der Waals surface area contributed by atoms with E-state index in [0.29, 0.717) is 11.7 Å². The van der Waals surface area contributed by atoms with E-state index in [1.165, 1.54) is 16.7 Å². The summed E-state index contributed by atoms with van der Waals surface area (Å²) < 4.78 is 0. The van der Waals surface area contributed by atoms with Crippen LogP contribution in [0.25, 0.3) is 0 Å². The minimum absolute atomic E-state index is 0.340. The van der Waals surface area contributed by atoms with Gasteiger partial charge >= 0.3 is 0 Å². The fourth-order valence-electron chi connectivity index (χ4n) is 2.49. The Morgan fingerprint density at radius 1 is 0.895 bits per heavy atom. The second-order valence-corrected chi connectivity index (χ2v) is 5.35. The Bertz CT molecular complexity index is 513. The maximum Gasteiger partial charge on any atom is 0.115 e. The minimum Gasteiger partial charge on any atom is -0.508 e. The number of aromatic hydroxyl groups is 1. The smallest absolute Gasteiger partial charge is 0.115 e. The molecule has 1 atom stereocenters.